The molecule has 0 radical (unpaired) electrons. The van der Waals surface area contributed by atoms with Gasteiger partial charge in [0.2, 0.25) is 0 Å². The molecule has 0 aliphatic rings. The fraction of sp³-hybridized carbons (Fsp3) is 0. The van der Waals surface area contributed by atoms with Gasteiger partial charge in [0, 0.05) is 53.0 Å². The first kappa shape index (κ1) is 41.5. The topological polar surface area (TPSA) is 77.3 Å². The third-order valence-corrected chi connectivity index (χ3v) is 16.5. The van der Waals surface area contributed by atoms with Crippen molar-refractivity contribution < 1.29 is 0 Å². The van der Waals surface area contributed by atoms with E-state index in [1.165, 1.54) is 19.6 Å². The maximum absolute atomic E-state index is 5.21. The first-order valence-electron chi connectivity index (χ1n) is 22.9. The molecule has 6 nitrogen and oxygen atoms in total. The summed E-state index contributed by atoms with van der Waals surface area (Å²) in [5.41, 5.74) is 5.57. The highest BCUT2D eigenvalue weighted by Crippen LogP contribution is 2.76. The van der Waals surface area contributed by atoms with Crippen LogP contribution in [0.1, 0.15) is 0 Å². The molecule has 0 aliphatic carbocycles. The van der Waals surface area contributed by atoms with Gasteiger partial charge in [-0.25, -0.2) is 29.9 Å². The second kappa shape index (κ2) is 18.1. The van der Waals surface area contributed by atoms with Gasteiger partial charge in [-0.3, -0.25) is 0 Å². The summed E-state index contributed by atoms with van der Waals surface area (Å²) in [6.07, 6.45) is 0. The van der Waals surface area contributed by atoms with Crippen molar-refractivity contribution in [2.45, 2.75) is 19.6 Å². The van der Waals surface area contributed by atoms with Crippen LogP contribution in [0.4, 0.5) is 0 Å². The molecule has 7 heteroatoms. The molecule has 12 rings (SSSR count). The van der Waals surface area contributed by atoms with Gasteiger partial charge in [-0.15, -0.1) is 10.0 Å². The Morgan fingerprint density at radius 2 is 0.449 bits per heavy atom. The van der Waals surface area contributed by atoms with Crippen LogP contribution in [0.2, 0.25) is 0 Å². The molecule has 2 aromatic heterocycles. The normalized spacial score (nSPS) is 11.7. The quantitative estimate of drug-likeness (QED) is 0.136. The van der Waals surface area contributed by atoms with Crippen molar-refractivity contribution in [2.75, 3.05) is 0 Å². The van der Waals surface area contributed by atoms with Crippen LogP contribution in [0, 0.1) is 0 Å². The number of aromatic nitrogens is 6. The Morgan fingerprint density at radius 3 is 0.754 bits per heavy atom. The molecular formula is C62H42N6S. The van der Waals surface area contributed by atoms with Crippen LogP contribution in [0.25, 0.3) is 89.9 Å². The Bertz CT molecular complexity index is 3400. The summed E-state index contributed by atoms with van der Waals surface area (Å²) < 4.78 is 0. The molecule has 0 spiro atoms. The van der Waals surface area contributed by atoms with Crippen LogP contribution in [-0.4, -0.2) is 29.9 Å². The van der Waals surface area contributed by atoms with Gasteiger partial charge in [-0.05, 0) is 70.1 Å². The van der Waals surface area contributed by atoms with Gasteiger partial charge in [0.25, 0.3) is 0 Å². The number of hydrogen-bond donors (Lipinski definition) is 0. The van der Waals surface area contributed by atoms with Crippen molar-refractivity contribution >= 4 is 31.6 Å². The van der Waals surface area contributed by atoms with Crippen LogP contribution in [0.3, 0.4) is 0 Å². The summed E-state index contributed by atoms with van der Waals surface area (Å²) in [5.74, 6) is 3.72. The molecule has 12 aromatic rings. The Kier molecular flexibility index (Phi) is 10.9. The molecule has 0 saturated heterocycles. The lowest BCUT2D eigenvalue weighted by Crippen LogP contribution is -2.08. The van der Waals surface area contributed by atoms with E-state index in [4.69, 9.17) is 29.9 Å². The summed E-state index contributed by atoms with van der Waals surface area (Å²) >= 11 is 0. The second-order valence-electron chi connectivity index (χ2n) is 16.6. The zero-order valence-corrected chi connectivity index (χ0v) is 38.2. The minimum Gasteiger partial charge on any atom is -0.208 e. The molecule has 0 atom stereocenters. The zero-order valence-electron chi connectivity index (χ0n) is 37.3. The monoisotopic (exact) mass is 902 g/mol. The molecule has 69 heavy (non-hydrogen) atoms. The van der Waals surface area contributed by atoms with E-state index in [0.717, 1.165) is 54.9 Å². The molecule has 0 bridgehead atoms. The third kappa shape index (κ3) is 7.61. The Labute approximate surface area is 402 Å². The van der Waals surface area contributed by atoms with Crippen molar-refractivity contribution in [3.8, 4) is 68.3 Å². The van der Waals surface area contributed by atoms with Crippen molar-refractivity contribution in [3.63, 3.8) is 0 Å². The molecule has 0 saturated carbocycles. The van der Waals surface area contributed by atoms with Gasteiger partial charge in [-0.1, -0.05) is 206 Å². The Morgan fingerprint density at radius 1 is 0.203 bits per heavy atom. The molecular weight excluding hydrogens is 861 g/mol. The van der Waals surface area contributed by atoms with Gasteiger partial charge in [0.05, 0.1) is 0 Å². The fourth-order valence-electron chi connectivity index (χ4n) is 9.34. The molecule has 10 aromatic carbocycles. The van der Waals surface area contributed by atoms with Crippen LogP contribution in [-0.2, 0) is 0 Å². The summed E-state index contributed by atoms with van der Waals surface area (Å²) in [5, 5.41) is 4.34. The average molecular weight is 903 g/mol. The number of fused-ring (bicyclic) bond motifs is 2. The molecule has 0 N–H and O–H groups in total. The van der Waals surface area contributed by atoms with E-state index < -0.39 is 10.0 Å². The molecule has 2 heterocycles. The van der Waals surface area contributed by atoms with Crippen molar-refractivity contribution in [1.29, 1.82) is 0 Å². The summed E-state index contributed by atoms with van der Waals surface area (Å²) in [4.78, 5) is 35.7. The van der Waals surface area contributed by atoms with Crippen LogP contribution < -0.4 is 0 Å². The van der Waals surface area contributed by atoms with Gasteiger partial charge in [0.1, 0.15) is 0 Å². The van der Waals surface area contributed by atoms with Gasteiger partial charge < -0.3 is 0 Å². The summed E-state index contributed by atoms with van der Waals surface area (Å²) in [6.45, 7) is 0. The second-order valence-corrected chi connectivity index (χ2v) is 19.7. The minimum absolute atomic E-state index is 0.613. The van der Waals surface area contributed by atoms with Crippen LogP contribution in [0.5, 0.6) is 0 Å². The van der Waals surface area contributed by atoms with Gasteiger partial charge >= 0.3 is 0 Å². The standard InChI is InChI=1S/C62H42N6S/c1-7-23-43(24-8-1)57-63-58(44-25-9-2-10-26-44)66-61(65-57)53-39-41-55(51-37-21-19-35-49(51)53)69(47-31-15-5-16-32-47,48-33-17-6-18-34-48)56-42-40-54(50-36-20-22-38-52(50)56)62-67-59(45-27-11-3-12-28-45)64-60(68-62)46-29-13-4-14-30-46/h1-42H. The maximum Gasteiger partial charge on any atom is 0.164 e. The average Bonchev–Trinajstić information content (AvgIpc) is 3.44. The Hall–Kier alpha value is -8.91. The molecule has 0 amide bonds. The van der Waals surface area contributed by atoms with E-state index in [2.05, 4.69) is 133 Å². The van der Waals surface area contributed by atoms with E-state index >= 15 is 0 Å². The van der Waals surface area contributed by atoms with Crippen LogP contribution >= 0.6 is 10.0 Å². The molecule has 0 fully saturated rings. The molecule has 0 aliphatic heterocycles. The Balaban J connectivity index is 1.13. The highest BCUT2D eigenvalue weighted by atomic mass is 32.3. The molecule has 0 unspecified atom stereocenters. The number of hydrogen-bond acceptors (Lipinski definition) is 6. The number of rotatable bonds is 10. The van der Waals surface area contributed by atoms with Crippen molar-refractivity contribution in [2.24, 2.45) is 0 Å². The predicted molar refractivity (Wildman–Crippen MR) is 281 cm³/mol. The lowest BCUT2D eigenvalue weighted by atomic mass is 10.0. The maximum atomic E-state index is 5.21. The zero-order chi connectivity index (χ0) is 46.0. The smallest absolute Gasteiger partial charge is 0.164 e. The summed E-state index contributed by atoms with van der Waals surface area (Å²) in [7, 11) is -2.27. The van der Waals surface area contributed by atoms with Crippen LogP contribution in [0.15, 0.2) is 274 Å². The van der Waals surface area contributed by atoms with E-state index in [1.54, 1.807) is 0 Å². The van der Waals surface area contributed by atoms with E-state index in [0.29, 0.717) is 34.9 Å². The first-order chi connectivity index (χ1) is 34.2. The SMILES string of the molecule is c1ccc(-c2nc(-c3ccccc3)nc(-c3ccc(S(c4ccccc4)(c4ccccc4)c4ccc(-c5nc(-c6ccccc6)nc(-c6ccccc6)n5)c5ccccc45)c4ccccc34)n2)cc1. The van der Waals surface area contributed by atoms with Gasteiger partial charge in [-0.2, -0.15) is 0 Å². The lowest BCUT2D eigenvalue weighted by Gasteiger charge is -2.43. The van der Waals surface area contributed by atoms with Crippen molar-refractivity contribution in [1.82, 2.24) is 29.9 Å². The highest BCUT2D eigenvalue weighted by Gasteiger charge is 2.37. The number of nitrogens with zero attached hydrogens (tertiary/aromatic N) is 6. The minimum atomic E-state index is -2.27. The van der Waals surface area contributed by atoms with Gasteiger partial charge in [0.15, 0.2) is 34.9 Å². The van der Waals surface area contributed by atoms with E-state index in [-0.39, 0.29) is 0 Å². The third-order valence-electron chi connectivity index (χ3n) is 12.5. The lowest BCUT2D eigenvalue weighted by molar-refractivity contribution is 1.08. The largest absolute Gasteiger partial charge is 0.208 e. The van der Waals surface area contributed by atoms with E-state index in [9.17, 15) is 0 Å². The highest BCUT2D eigenvalue weighted by molar-refractivity contribution is 8.34. The van der Waals surface area contributed by atoms with E-state index in [1.807, 2.05) is 121 Å². The summed E-state index contributed by atoms with van der Waals surface area (Å²) in [6, 6.07) is 89.2. The van der Waals surface area contributed by atoms with Crippen molar-refractivity contribution in [3.05, 3.63) is 255 Å². The predicted octanol–water partition coefficient (Wildman–Crippen LogP) is 15.7. The fourth-order valence-corrected chi connectivity index (χ4v) is 13.6. The molecule has 326 valence electrons. The number of benzene rings is 10. The first-order valence-corrected chi connectivity index (χ1v) is 24.6.